The standard InChI is InChI=1S/C24H39N3O2/c1-22(2,3)26-20(28)13-27-14-23(15-27)7-19(8-23)12-25-21(29)24-9-16-4-17(10-24)6-18(5-16)11-24/h16-19H,4-15H2,1-3H3,(H,25,29)(H,26,28). The van der Waals surface area contributed by atoms with Crippen molar-refractivity contribution in [1.29, 1.82) is 0 Å². The quantitative estimate of drug-likeness (QED) is 0.745. The van der Waals surface area contributed by atoms with Gasteiger partial charge in [-0.25, -0.2) is 0 Å². The van der Waals surface area contributed by atoms with Gasteiger partial charge < -0.3 is 10.6 Å². The molecule has 0 atom stereocenters. The lowest BCUT2D eigenvalue weighted by molar-refractivity contribution is -0.148. The highest BCUT2D eigenvalue weighted by atomic mass is 16.2. The molecule has 0 unspecified atom stereocenters. The van der Waals surface area contributed by atoms with Crippen LogP contribution in [0.15, 0.2) is 0 Å². The molecule has 6 aliphatic rings. The van der Waals surface area contributed by atoms with Crippen LogP contribution >= 0.6 is 0 Å². The molecule has 1 heterocycles. The molecule has 5 nitrogen and oxygen atoms in total. The maximum Gasteiger partial charge on any atom is 0.234 e. The second kappa shape index (κ2) is 6.70. The molecular weight excluding hydrogens is 362 g/mol. The summed E-state index contributed by atoms with van der Waals surface area (Å²) in [6.07, 6.45) is 10.1. The van der Waals surface area contributed by atoms with Gasteiger partial charge in [-0.1, -0.05) is 0 Å². The Morgan fingerprint density at radius 3 is 2.00 bits per heavy atom. The average Bonchev–Trinajstić information content (AvgIpc) is 2.51. The summed E-state index contributed by atoms with van der Waals surface area (Å²) >= 11 is 0. The number of nitrogens with one attached hydrogen (secondary N) is 2. The van der Waals surface area contributed by atoms with Gasteiger partial charge >= 0.3 is 0 Å². The zero-order chi connectivity index (χ0) is 20.4. The Hall–Kier alpha value is -1.10. The lowest BCUT2D eigenvalue weighted by atomic mass is 9.49. The van der Waals surface area contributed by atoms with Crippen molar-refractivity contribution in [2.24, 2.45) is 34.5 Å². The van der Waals surface area contributed by atoms with Crippen LogP contribution in [-0.4, -0.2) is 48.4 Å². The summed E-state index contributed by atoms with van der Waals surface area (Å²) in [5.41, 5.74) is 0.262. The molecule has 2 N–H and O–H groups in total. The molecule has 5 aliphatic carbocycles. The molecule has 0 aromatic heterocycles. The van der Waals surface area contributed by atoms with E-state index in [9.17, 15) is 9.59 Å². The summed E-state index contributed by atoms with van der Waals surface area (Å²) in [5, 5.41) is 6.43. The first kappa shape index (κ1) is 19.8. The number of hydrogen-bond donors (Lipinski definition) is 2. The van der Waals surface area contributed by atoms with Crippen molar-refractivity contribution in [3.63, 3.8) is 0 Å². The Labute approximate surface area is 175 Å². The highest BCUT2D eigenvalue weighted by molar-refractivity contribution is 5.83. The Kier molecular flexibility index (Phi) is 4.58. The smallest absolute Gasteiger partial charge is 0.234 e. The molecule has 1 saturated heterocycles. The van der Waals surface area contributed by atoms with E-state index in [4.69, 9.17) is 0 Å². The van der Waals surface area contributed by atoms with Crippen molar-refractivity contribution < 1.29 is 9.59 Å². The third kappa shape index (κ3) is 3.84. The molecule has 5 saturated carbocycles. The van der Waals surface area contributed by atoms with Crippen LogP contribution in [0.1, 0.15) is 72.1 Å². The number of carbonyl (C=O) groups excluding carboxylic acids is 2. The van der Waals surface area contributed by atoms with Gasteiger partial charge in [0.05, 0.1) is 6.54 Å². The van der Waals surface area contributed by atoms with Gasteiger partial charge in [-0.15, -0.1) is 0 Å². The van der Waals surface area contributed by atoms with Crippen molar-refractivity contribution >= 4 is 11.8 Å². The van der Waals surface area contributed by atoms with Gasteiger partial charge in [-0.3, -0.25) is 14.5 Å². The van der Waals surface area contributed by atoms with Crippen LogP contribution in [0.3, 0.4) is 0 Å². The fourth-order valence-electron chi connectivity index (χ4n) is 8.06. The molecule has 1 aliphatic heterocycles. The van der Waals surface area contributed by atoms with Crippen LogP contribution < -0.4 is 10.6 Å². The lowest BCUT2D eigenvalue weighted by Crippen LogP contribution is -2.65. The van der Waals surface area contributed by atoms with E-state index in [1.807, 2.05) is 20.8 Å². The second-order valence-corrected chi connectivity index (χ2v) is 12.6. The van der Waals surface area contributed by atoms with Crippen LogP contribution in [-0.2, 0) is 9.59 Å². The van der Waals surface area contributed by atoms with Crippen molar-refractivity contribution in [2.45, 2.75) is 77.7 Å². The van der Waals surface area contributed by atoms with Gasteiger partial charge in [0.1, 0.15) is 0 Å². The molecule has 29 heavy (non-hydrogen) atoms. The molecule has 0 aromatic carbocycles. The first-order chi connectivity index (χ1) is 13.6. The van der Waals surface area contributed by atoms with E-state index in [2.05, 4.69) is 15.5 Å². The molecule has 4 bridgehead atoms. The van der Waals surface area contributed by atoms with Gasteiger partial charge in [0.15, 0.2) is 0 Å². The highest BCUT2D eigenvalue weighted by Gasteiger charge is 2.55. The molecule has 5 heteroatoms. The summed E-state index contributed by atoms with van der Waals surface area (Å²) in [6.45, 7) is 9.55. The SMILES string of the molecule is CC(C)(C)NC(=O)CN1CC2(CC(CNC(=O)C34CC5CC(CC(C5)C3)C4)C2)C1. The molecule has 6 fully saturated rings. The third-order valence-electron chi connectivity index (χ3n) is 8.51. The first-order valence-corrected chi connectivity index (χ1v) is 11.9. The van der Waals surface area contributed by atoms with E-state index < -0.39 is 0 Å². The molecule has 2 amide bonds. The topological polar surface area (TPSA) is 61.4 Å². The van der Waals surface area contributed by atoms with E-state index in [0.717, 1.165) is 56.7 Å². The summed E-state index contributed by atoms with van der Waals surface area (Å²) in [4.78, 5) is 27.5. The maximum absolute atomic E-state index is 13.1. The summed E-state index contributed by atoms with van der Waals surface area (Å²) < 4.78 is 0. The Morgan fingerprint density at radius 1 is 0.931 bits per heavy atom. The zero-order valence-corrected chi connectivity index (χ0v) is 18.6. The van der Waals surface area contributed by atoms with Gasteiger partial charge in [0.2, 0.25) is 11.8 Å². The normalized spacial score (nSPS) is 37.8. The molecule has 0 radical (unpaired) electrons. The van der Waals surface area contributed by atoms with Gasteiger partial charge in [-0.05, 0) is 101 Å². The highest BCUT2D eigenvalue weighted by Crippen LogP contribution is 2.60. The minimum Gasteiger partial charge on any atom is -0.355 e. The number of hydrogen-bond acceptors (Lipinski definition) is 3. The lowest BCUT2D eigenvalue weighted by Gasteiger charge is -2.59. The number of amides is 2. The van der Waals surface area contributed by atoms with Crippen LogP contribution in [0, 0.1) is 34.5 Å². The van der Waals surface area contributed by atoms with Gasteiger partial charge in [0, 0.05) is 30.6 Å². The summed E-state index contributed by atoms with van der Waals surface area (Å²) in [7, 11) is 0. The van der Waals surface area contributed by atoms with Crippen LogP contribution in [0.5, 0.6) is 0 Å². The van der Waals surface area contributed by atoms with Crippen LogP contribution in [0.2, 0.25) is 0 Å². The Bertz CT molecular complexity index is 645. The van der Waals surface area contributed by atoms with Crippen LogP contribution in [0.25, 0.3) is 0 Å². The Morgan fingerprint density at radius 2 is 1.48 bits per heavy atom. The average molecular weight is 402 g/mol. The Balaban J connectivity index is 1.03. The second-order valence-electron chi connectivity index (χ2n) is 12.6. The maximum atomic E-state index is 13.1. The van der Waals surface area contributed by atoms with E-state index in [-0.39, 0.29) is 16.9 Å². The number of carbonyl (C=O) groups is 2. The summed E-state index contributed by atoms with van der Waals surface area (Å²) in [5.74, 6) is 3.64. The first-order valence-electron chi connectivity index (χ1n) is 11.9. The van der Waals surface area contributed by atoms with Gasteiger partial charge in [-0.2, -0.15) is 0 Å². The molecule has 1 spiro atoms. The van der Waals surface area contributed by atoms with Crippen molar-refractivity contribution in [1.82, 2.24) is 15.5 Å². The third-order valence-corrected chi connectivity index (χ3v) is 8.51. The van der Waals surface area contributed by atoms with Crippen molar-refractivity contribution in [3.8, 4) is 0 Å². The molecular formula is C24H39N3O2. The van der Waals surface area contributed by atoms with E-state index >= 15 is 0 Å². The molecule has 6 rings (SSSR count). The van der Waals surface area contributed by atoms with Gasteiger partial charge in [0.25, 0.3) is 0 Å². The monoisotopic (exact) mass is 401 g/mol. The number of nitrogens with zero attached hydrogens (tertiary/aromatic N) is 1. The fourth-order valence-corrected chi connectivity index (χ4v) is 8.06. The predicted octanol–water partition coefficient (Wildman–Crippen LogP) is 2.95. The minimum atomic E-state index is -0.157. The zero-order valence-electron chi connectivity index (χ0n) is 18.6. The van der Waals surface area contributed by atoms with Crippen molar-refractivity contribution in [2.75, 3.05) is 26.2 Å². The summed E-state index contributed by atoms with van der Waals surface area (Å²) in [6, 6.07) is 0. The van der Waals surface area contributed by atoms with Crippen LogP contribution in [0.4, 0.5) is 0 Å². The predicted molar refractivity (Wildman–Crippen MR) is 113 cm³/mol. The van der Waals surface area contributed by atoms with E-state index in [0.29, 0.717) is 23.8 Å². The largest absolute Gasteiger partial charge is 0.355 e. The van der Waals surface area contributed by atoms with E-state index in [1.165, 1.54) is 32.1 Å². The number of rotatable bonds is 5. The fraction of sp³-hybridized carbons (Fsp3) is 0.917. The minimum absolute atomic E-state index is 0.0101. The molecule has 162 valence electrons. The van der Waals surface area contributed by atoms with Crippen molar-refractivity contribution in [3.05, 3.63) is 0 Å². The molecule has 0 aromatic rings. The number of likely N-dealkylation sites (tertiary alicyclic amines) is 1. The van der Waals surface area contributed by atoms with E-state index in [1.54, 1.807) is 0 Å².